The van der Waals surface area contributed by atoms with Gasteiger partial charge in [-0.05, 0) is 42.0 Å². The summed E-state index contributed by atoms with van der Waals surface area (Å²) in [6.07, 6.45) is 6.72. The highest BCUT2D eigenvalue weighted by atomic mass is 16.5. The third kappa shape index (κ3) is 13.1. The van der Waals surface area contributed by atoms with Crippen molar-refractivity contribution < 1.29 is 19.0 Å². The summed E-state index contributed by atoms with van der Waals surface area (Å²) in [5.41, 5.74) is 12.4. The molecule has 0 spiro atoms. The van der Waals surface area contributed by atoms with Gasteiger partial charge in [0.2, 0.25) is 5.91 Å². The zero-order chi connectivity index (χ0) is 38.5. The van der Waals surface area contributed by atoms with Crippen molar-refractivity contribution in [2.45, 2.75) is 27.1 Å². The summed E-state index contributed by atoms with van der Waals surface area (Å²) in [5, 5.41) is 2.90. The SMILES string of the molecule is C.Cn1cnc(CN2CCOc3ccc(N)cc32)c1.Cn1cnc(CN2CCOc3ccc(NC(=O)COCc4ccccc4)cc32)c1.[B][B]B([B])B([B])[B]. The molecule has 9 radical (unpaired) electrons. The summed E-state index contributed by atoms with van der Waals surface area (Å²) in [5.74, 6) is 1.52. The molecule has 19 heteroatoms. The third-order valence-electron chi connectivity index (χ3n) is 8.38. The molecule has 0 atom stereocenters. The minimum absolute atomic E-state index is 0. The van der Waals surface area contributed by atoms with Gasteiger partial charge in [-0.2, -0.15) is 0 Å². The molecule has 0 bridgehead atoms. The predicted molar refractivity (Wildman–Crippen MR) is 229 cm³/mol. The summed E-state index contributed by atoms with van der Waals surface area (Å²) in [4.78, 5) is 25.5. The van der Waals surface area contributed by atoms with E-state index in [-0.39, 0.29) is 26.3 Å². The molecule has 5 aromatic rings. The normalized spacial score (nSPS) is 12.4. The second kappa shape index (κ2) is 21.2. The van der Waals surface area contributed by atoms with Crippen LogP contribution in [0.25, 0.3) is 0 Å². The van der Waals surface area contributed by atoms with Gasteiger partial charge < -0.3 is 44.2 Å². The minimum Gasteiger partial charge on any atom is -0.490 e. The minimum atomic E-state index is -0.537. The van der Waals surface area contributed by atoms with E-state index in [4.69, 9.17) is 50.9 Å². The Balaban J connectivity index is 0.000000220. The number of carbonyl (C=O) groups is 1. The average molecular weight is 728 g/mol. The number of nitrogen functional groups attached to an aromatic ring is 1. The number of hydrogen-bond acceptors (Lipinski definition) is 9. The van der Waals surface area contributed by atoms with Crippen molar-refractivity contribution in [1.29, 1.82) is 0 Å². The molecule has 3 N–H and O–H groups in total. The maximum Gasteiger partial charge on any atom is 0.250 e. The number of carbonyl (C=O) groups excluding carboxylic acids is 1. The van der Waals surface area contributed by atoms with Gasteiger partial charge in [-0.15, -0.1) is 0 Å². The van der Waals surface area contributed by atoms with E-state index in [1.54, 1.807) is 6.33 Å². The molecule has 0 aliphatic carbocycles. The van der Waals surface area contributed by atoms with Crippen LogP contribution in [-0.4, -0.2) is 109 Å². The number of nitrogens with two attached hydrogens (primary N) is 1. The van der Waals surface area contributed by atoms with Gasteiger partial charge in [0, 0.05) is 88.6 Å². The molecule has 0 saturated carbocycles. The lowest BCUT2D eigenvalue weighted by Gasteiger charge is -2.31. The highest BCUT2D eigenvalue weighted by Crippen LogP contribution is 2.35. The Morgan fingerprint density at radius 2 is 1.44 bits per heavy atom. The summed E-state index contributed by atoms with van der Waals surface area (Å²) >= 11 is 0. The molecule has 3 aromatic carbocycles. The number of aryl methyl sites for hydroxylation is 2. The number of rotatable bonds is 11. The van der Waals surface area contributed by atoms with Gasteiger partial charge in [-0.25, -0.2) is 9.97 Å². The van der Waals surface area contributed by atoms with Gasteiger partial charge in [0.15, 0.2) is 0 Å². The van der Waals surface area contributed by atoms with Crippen LogP contribution in [-0.2, 0) is 43.3 Å². The number of aromatic nitrogens is 4. The van der Waals surface area contributed by atoms with Gasteiger partial charge in [0.05, 0.1) is 68.2 Å². The largest absolute Gasteiger partial charge is 0.490 e. The molecule has 0 unspecified atom stereocenters. The van der Waals surface area contributed by atoms with Crippen LogP contribution in [0.15, 0.2) is 91.8 Å². The van der Waals surface area contributed by atoms with Crippen molar-refractivity contribution in [3.63, 3.8) is 0 Å². The molecule has 273 valence electrons. The van der Waals surface area contributed by atoms with Crippen molar-refractivity contribution in [3.05, 3.63) is 109 Å². The first-order chi connectivity index (χ1) is 26.1. The van der Waals surface area contributed by atoms with E-state index in [0.29, 0.717) is 32.1 Å². The zero-order valence-electron chi connectivity index (χ0n) is 30.8. The number of imidazole rings is 2. The lowest BCUT2D eigenvalue weighted by molar-refractivity contribution is -0.121. The van der Waals surface area contributed by atoms with Crippen molar-refractivity contribution in [2.24, 2.45) is 14.1 Å². The maximum atomic E-state index is 12.3. The fourth-order valence-corrected chi connectivity index (χ4v) is 5.62. The smallest absolute Gasteiger partial charge is 0.250 e. The first-order valence-corrected chi connectivity index (χ1v) is 17.5. The summed E-state index contributed by atoms with van der Waals surface area (Å²) < 4.78 is 20.8. The van der Waals surface area contributed by atoms with Crippen LogP contribution >= 0.6 is 0 Å². The first kappa shape index (κ1) is 42.7. The van der Waals surface area contributed by atoms with E-state index < -0.39 is 6.39 Å². The van der Waals surface area contributed by atoms with E-state index in [1.807, 2.05) is 109 Å². The third-order valence-corrected chi connectivity index (χ3v) is 8.38. The van der Waals surface area contributed by atoms with Crippen LogP contribution in [0.1, 0.15) is 24.4 Å². The van der Waals surface area contributed by atoms with Crippen molar-refractivity contribution >= 4 is 79.4 Å². The second-order valence-electron chi connectivity index (χ2n) is 12.9. The zero-order valence-corrected chi connectivity index (χ0v) is 30.8. The summed E-state index contributed by atoms with van der Waals surface area (Å²) in [7, 11) is 25.5. The van der Waals surface area contributed by atoms with Crippen molar-refractivity contribution in [2.75, 3.05) is 53.8 Å². The van der Waals surface area contributed by atoms with E-state index in [9.17, 15) is 4.79 Å². The Labute approximate surface area is 331 Å². The summed E-state index contributed by atoms with van der Waals surface area (Å²) in [6.45, 7) is 4.82. The topological polar surface area (TPSA) is 125 Å². The molecular formula is C36H44B7N8O4. The molecule has 0 fully saturated rings. The van der Waals surface area contributed by atoms with Gasteiger partial charge in [-0.3, -0.25) is 4.79 Å². The Bertz CT molecular complexity index is 1940. The Kier molecular flexibility index (Phi) is 16.4. The second-order valence-corrected chi connectivity index (χ2v) is 12.9. The fraction of sp³-hybridized carbons (Fsp3) is 0.306. The lowest BCUT2D eigenvalue weighted by atomic mass is 8.76. The van der Waals surface area contributed by atoms with Crippen LogP contribution < -0.4 is 30.3 Å². The Morgan fingerprint density at radius 1 is 0.873 bits per heavy atom. The molecule has 55 heavy (non-hydrogen) atoms. The lowest BCUT2D eigenvalue weighted by Crippen LogP contribution is -2.43. The van der Waals surface area contributed by atoms with Crippen molar-refractivity contribution in [3.8, 4) is 11.5 Å². The van der Waals surface area contributed by atoms with E-state index in [0.717, 1.165) is 65.1 Å². The van der Waals surface area contributed by atoms with Crippen LogP contribution in [0.3, 0.4) is 0 Å². The number of benzene rings is 3. The predicted octanol–water partition coefficient (Wildman–Crippen LogP) is 2.35. The Hall–Kier alpha value is -5.04. The fourth-order valence-electron chi connectivity index (χ4n) is 5.62. The standard InChI is InChI=1S/C22H24N4O3.C13H16N4O.CH4.B7/c1-25-12-19(23-16-25)13-26-9-10-29-21-8-7-18(11-20(21)26)24-22(27)15-28-14-17-5-3-2-4-6-17;1-16-7-11(15-9-16)8-17-4-5-18-13-3-2-10(14)6-12(13)17;;1-5-7(4)6(2)3/h2-8,11-12,16H,9-10,13-15H2,1H3,(H,24,27);2-3,6-7,9H,4-5,8,14H2,1H3;1H4;. The quantitative estimate of drug-likeness (QED) is 0.156. The number of anilines is 4. The number of fused-ring (bicyclic) bond motifs is 2. The molecule has 4 heterocycles. The molecule has 2 aliphatic heterocycles. The van der Waals surface area contributed by atoms with Crippen LogP contribution in [0, 0.1) is 0 Å². The highest BCUT2D eigenvalue weighted by molar-refractivity contribution is 7.81. The van der Waals surface area contributed by atoms with Crippen molar-refractivity contribution in [1.82, 2.24) is 19.1 Å². The van der Waals surface area contributed by atoms with Gasteiger partial charge in [0.1, 0.15) is 31.3 Å². The molecule has 0 saturated heterocycles. The number of hydrogen-bond donors (Lipinski definition) is 2. The van der Waals surface area contributed by atoms with Gasteiger partial charge >= 0.3 is 0 Å². The maximum absolute atomic E-state index is 12.3. The average Bonchev–Trinajstić information content (AvgIpc) is 3.78. The number of ether oxygens (including phenoxy) is 3. The number of amides is 1. The van der Waals surface area contributed by atoms with Crippen LogP contribution in [0.5, 0.6) is 11.5 Å². The number of nitrogens with one attached hydrogen (secondary N) is 1. The monoisotopic (exact) mass is 729 g/mol. The summed E-state index contributed by atoms with van der Waals surface area (Å²) in [6, 6.07) is 21.2. The van der Waals surface area contributed by atoms with E-state index in [1.165, 1.54) is 7.06 Å². The molecule has 2 aromatic heterocycles. The van der Waals surface area contributed by atoms with Gasteiger partial charge in [-0.1, -0.05) is 37.8 Å². The van der Waals surface area contributed by atoms with E-state index >= 15 is 0 Å². The molecule has 2 aliphatic rings. The van der Waals surface area contributed by atoms with Gasteiger partial charge in [0.25, 0.3) is 0 Å². The Morgan fingerprint density at radius 3 is 1.95 bits per heavy atom. The van der Waals surface area contributed by atoms with Crippen LogP contribution in [0.2, 0.25) is 0 Å². The molecule has 7 rings (SSSR count). The first-order valence-electron chi connectivity index (χ1n) is 17.5. The van der Waals surface area contributed by atoms with Crippen LogP contribution in [0.4, 0.5) is 22.7 Å². The highest BCUT2D eigenvalue weighted by Gasteiger charge is 2.21. The molecular weight excluding hydrogens is 684 g/mol. The molecule has 12 nitrogen and oxygen atoms in total. The number of nitrogens with zero attached hydrogens (tertiary/aromatic N) is 6. The van der Waals surface area contributed by atoms with E-state index in [2.05, 4.69) is 25.1 Å². The molecule has 1 amide bonds.